The van der Waals surface area contributed by atoms with Crippen LogP contribution in [0.3, 0.4) is 0 Å². The Bertz CT molecular complexity index is 3040. The van der Waals surface area contributed by atoms with Crippen LogP contribution in [0.15, 0.2) is 168 Å². The Morgan fingerprint density at radius 1 is 0.422 bits per heavy atom. The summed E-state index contributed by atoms with van der Waals surface area (Å²) >= 11 is -2.67. The topological polar surface area (TPSA) is 86.7 Å². The van der Waals surface area contributed by atoms with E-state index in [-0.39, 0.29) is 18.3 Å². The molecule has 0 aliphatic rings. The van der Waals surface area contributed by atoms with Crippen LogP contribution in [0.25, 0.3) is 0 Å². The van der Waals surface area contributed by atoms with Crippen molar-refractivity contribution >= 4 is 62.5 Å². The molecule has 0 spiro atoms. The molecule has 0 aliphatic carbocycles. The van der Waals surface area contributed by atoms with Gasteiger partial charge in [-0.3, -0.25) is 0 Å². The molecular formula is C43H25F10IO6S4. The fourth-order valence-electron chi connectivity index (χ4n) is 6.03. The van der Waals surface area contributed by atoms with Gasteiger partial charge in [0.2, 0.25) is 5.82 Å². The number of hydrogen-bond acceptors (Lipinski definition) is 7. The normalized spacial score (nSPS) is 12.6. The molecule has 0 heterocycles. The van der Waals surface area contributed by atoms with E-state index in [0.717, 1.165) is 11.8 Å². The minimum atomic E-state index is -5.81. The van der Waals surface area contributed by atoms with Crippen molar-refractivity contribution in [2.75, 3.05) is 0 Å². The molecule has 6 nitrogen and oxygen atoms in total. The van der Waals surface area contributed by atoms with Crippen molar-refractivity contribution in [1.29, 1.82) is 0 Å². The zero-order chi connectivity index (χ0) is 46.3. The van der Waals surface area contributed by atoms with Crippen LogP contribution in [-0.4, -0.2) is 16.8 Å². The molecule has 0 aliphatic heterocycles. The first-order valence-electron chi connectivity index (χ1n) is 17.8. The Labute approximate surface area is 372 Å². The van der Waals surface area contributed by atoms with Gasteiger partial charge in [0.1, 0.15) is 0 Å². The third kappa shape index (κ3) is 8.77. The molecule has 334 valence electrons. The van der Waals surface area contributed by atoms with Crippen LogP contribution < -0.4 is 0 Å². The molecule has 21 heteroatoms. The summed E-state index contributed by atoms with van der Waals surface area (Å²) in [7, 11) is -15.0. The van der Waals surface area contributed by atoms with Gasteiger partial charge in [-0.05, 0) is 0 Å². The molecule has 7 aromatic rings. The molecule has 64 heavy (non-hydrogen) atoms. The van der Waals surface area contributed by atoms with E-state index >= 15 is 8.78 Å². The van der Waals surface area contributed by atoms with Crippen LogP contribution >= 0.6 is 42.3 Å². The molecule has 0 fully saturated rings. The Morgan fingerprint density at radius 3 is 1.22 bits per heavy atom. The van der Waals surface area contributed by atoms with Gasteiger partial charge in [0, 0.05) is 0 Å². The molecule has 0 saturated carbocycles. The van der Waals surface area contributed by atoms with Crippen molar-refractivity contribution in [1.82, 2.24) is 0 Å². The Kier molecular flexibility index (Phi) is 13.6. The van der Waals surface area contributed by atoms with Gasteiger partial charge in [-0.1, -0.05) is 36.4 Å². The second-order valence-corrected chi connectivity index (χ2v) is 24.9. The van der Waals surface area contributed by atoms with Crippen molar-refractivity contribution in [2.24, 2.45) is 0 Å². The van der Waals surface area contributed by atoms with Crippen LogP contribution in [0.4, 0.5) is 43.9 Å². The van der Waals surface area contributed by atoms with Gasteiger partial charge in [0.25, 0.3) is 0 Å². The van der Waals surface area contributed by atoms with E-state index in [0.29, 0.717) is 18.9 Å². The van der Waals surface area contributed by atoms with Crippen LogP contribution in [0, 0.1) is 72.2 Å². The summed E-state index contributed by atoms with van der Waals surface area (Å²) in [4.78, 5) is -2.90. The molecule has 0 unspecified atom stereocenters. The van der Waals surface area contributed by atoms with Crippen LogP contribution in [-0.2, 0) is 26.4 Å². The molecule has 7 aromatic carbocycles. The fourth-order valence-corrected chi connectivity index (χ4v) is 19.5. The predicted octanol–water partition coefficient (Wildman–Crippen LogP) is 13.0. The second kappa shape index (κ2) is 18.5. The minimum absolute atomic E-state index is 0.108. The van der Waals surface area contributed by atoms with Crippen LogP contribution in [0.5, 0.6) is 0 Å². The van der Waals surface area contributed by atoms with E-state index in [9.17, 15) is 52.0 Å². The third-order valence-electron chi connectivity index (χ3n) is 8.99. The quantitative estimate of drug-likeness (QED) is 0.0492. The second-order valence-electron chi connectivity index (χ2n) is 13.0. The molecule has 0 N–H and O–H groups in total. The van der Waals surface area contributed by atoms with Crippen molar-refractivity contribution in [3.05, 3.63) is 204 Å². The van der Waals surface area contributed by atoms with Gasteiger partial charge < -0.3 is 0 Å². The van der Waals surface area contributed by atoms with Crippen molar-refractivity contribution in [2.45, 2.75) is 41.2 Å². The standard InChI is InChI=1S/C43H25F10IO6S4/c1-24-10-8-9-15-31(24)54(59-63(55,56)42-38(50)34(46)32(44)35(47)39(42)51)25-16-18-26(19-17-25)61-27-20-22-30(23-21-27)62(28-11-4-2-5-12-28,29-13-6-3-7-14-29)60-64(57,58)43-40(52)36(48)33(45)37(49)41(43)53/h2-23H,1H3. The van der Waals surface area contributed by atoms with E-state index < -0.39 is 119 Å². The summed E-state index contributed by atoms with van der Waals surface area (Å²) in [5.74, 6) is -25.5. The maximum atomic E-state index is 15.1. The number of hydrogen-bond donors (Lipinski definition) is 0. The van der Waals surface area contributed by atoms with Gasteiger partial charge in [-0.15, -0.1) is 0 Å². The predicted molar refractivity (Wildman–Crippen MR) is 224 cm³/mol. The van der Waals surface area contributed by atoms with E-state index in [1.807, 2.05) is 0 Å². The zero-order valence-electron chi connectivity index (χ0n) is 31.9. The monoisotopic (exact) mass is 1080 g/mol. The summed E-state index contributed by atoms with van der Waals surface area (Å²) in [5.41, 5.74) is 0.507. The Hall–Kier alpha value is -4.91. The molecular weight excluding hydrogens is 1060 g/mol. The number of aryl methyl sites for hydroxylation is 1. The molecule has 0 radical (unpaired) electrons. The first-order chi connectivity index (χ1) is 30.3. The van der Waals surface area contributed by atoms with Gasteiger partial charge in [-0.2, -0.15) is 8.42 Å². The van der Waals surface area contributed by atoms with E-state index in [2.05, 4.69) is 0 Å². The average Bonchev–Trinajstić information content (AvgIpc) is 3.28. The van der Waals surface area contributed by atoms with Crippen molar-refractivity contribution in [3.63, 3.8) is 0 Å². The summed E-state index contributed by atoms with van der Waals surface area (Å²) < 4.78 is 210. The molecule has 0 aromatic heterocycles. The zero-order valence-corrected chi connectivity index (χ0v) is 37.4. The van der Waals surface area contributed by atoms with Crippen molar-refractivity contribution < 1.29 is 66.9 Å². The van der Waals surface area contributed by atoms with Crippen LogP contribution in [0.2, 0.25) is 0 Å². The Balaban J connectivity index is 1.25. The summed E-state index contributed by atoms with van der Waals surface area (Å²) in [6.07, 6.45) is 0. The maximum absolute atomic E-state index is 15.1. The van der Waals surface area contributed by atoms with Gasteiger partial charge in [-0.25, -0.2) is 22.0 Å². The van der Waals surface area contributed by atoms with E-state index in [4.69, 9.17) is 6.14 Å². The van der Waals surface area contributed by atoms with Gasteiger partial charge in [0.15, 0.2) is 28.2 Å². The summed E-state index contributed by atoms with van der Waals surface area (Å²) in [5, 5.41) is 0. The fraction of sp³-hybridized carbons (Fsp3) is 0.0233. The van der Waals surface area contributed by atoms with Crippen LogP contribution in [0.1, 0.15) is 5.56 Å². The number of halogens is 11. The van der Waals surface area contributed by atoms with Gasteiger partial charge in [0.05, 0.1) is 0 Å². The average molecular weight is 1080 g/mol. The SMILES string of the molecule is Cc1ccccc1I(OS(=O)(=O)c1c(F)c(F)c(F)c(F)c1F)c1ccc(Sc2ccc(S(OS(=O)(=O)c3c(F)c(F)c(F)c(F)c3F)(c3ccccc3)c3ccccc3)cc2)cc1. The first-order valence-corrected chi connectivity index (χ1v) is 26.0. The molecule has 7 rings (SSSR count). The first kappa shape index (κ1) is 47.1. The number of benzene rings is 7. The Morgan fingerprint density at radius 2 is 0.781 bits per heavy atom. The summed E-state index contributed by atoms with van der Waals surface area (Å²) in [6, 6.07) is 33.3. The summed E-state index contributed by atoms with van der Waals surface area (Å²) in [6.45, 7) is 1.60. The van der Waals surface area contributed by atoms with Gasteiger partial charge >= 0.3 is 274 Å². The van der Waals surface area contributed by atoms with E-state index in [1.165, 1.54) is 103 Å². The van der Waals surface area contributed by atoms with E-state index in [1.54, 1.807) is 37.3 Å². The molecule has 0 atom stereocenters. The molecule has 0 amide bonds. The molecule has 0 saturated heterocycles. The van der Waals surface area contributed by atoms with Crippen molar-refractivity contribution in [3.8, 4) is 0 Å². The third-order valence-corrected chi connectivity index (χ3v) is 23.0. The molecule has 0 bridgehead atoms. The number of rotatable bonds is 13.